The minimum Gasteiger partial charge on any atom is -0.412 e. The van der Waals surface area contributed by atoms with Crippen LogP contribution in [0.2, 0.25) is 0 Å². The molecule has 0 atom stereocenters. The first kappa shape index (κ1) is 36.9. The molecular weight excluding hydrogens is 276 g/mol. The Labute approximate surface area is 135 Å². The summed E-state index contributed by atoms with van der Waals surface area (Å²) < 4.78 is 4.72. The summed E-state index contributed by atoms with van der Waals surface area (Å²) in [4.78, 5) is 0. The summed E-state index contributed by atoms with van der Waals surface area (Å²) in [6.45, 7) is 6.66. The first-order chi connectivity index (χ1) is 7.85. The van der Waals surface area contributed by atoms with Gasteiger partial charge in [-0.3, -0.25) is 0 Å². The van der Waals surface area contributed by atoms with Gasteiger partial charge in [-0.2, -0.15) is 13.5 Å². The first-order valence-corrected chi connectivity index (χ1v) is 6.68. The highest BCUT2D eigenvalue weighted by Gasteiger charge is 2.09. The fourth-order valence-electron chi connectivity index (χ4n) is 1.63. The maximum Gasteiger partial charge on any atom is 0.0587 e. The molecule has 134 valence electrons. The van der Waals surface area contributed by atoms with Crippen LogP contribution >= 0.6 is 13.5 Å². The van der Waals surface area contributed by atoms with Gasteiger partial charge in [-0.15, -0.1) is 0 Å². The molecule has 0 aromatic rings. The highest BCUT2D eigenvalue weighted by atomic mass is 32.1. The molecule has 0 spiro atoms. The average molecular weight is 321 g/mol. The van der Waals surface area contributed by atoms with E-state index >= 15 is 0 Å². The van der Waals surface area contributed by atoms with Crippen LogP contribution in [-0.4, -0.2) is 44.8 Å². The molecule has 1 saturated carbocycles. The van der Waals surface area contributed by atoms with Crippen molar-refractivity contribution in [1.82, 2.24) is 5.32 Å². The molecule has 0 unspecified atom stereocenters. The lowest BCUT2D eigenvalue weighted by atomic mass is 9.90. The number of nitrogens with one attached hydrogen (secondary N) is 1. The topological polar surface area (TPSA) is 110 Å². The maximum absolute atomic E-state index is 5.50. The quantitative estimate of drug-likeness (QED) is 0.770. The minimum atomic E-state index is 0. The Morgan fingerprint density at radius 2 is 1.60 bits per heavy atom. The van der Waals surface area contributed by atoms with Crippen LogP contribution in [0.4, 0.5) is 0 Å². The average Bonchev–Trinajstić information content (AvgIpc) is 2.40. The number of rotatable bonds is 4. The van der Waals surface area contributed by atoms with Gasteiger partial charge in [-0.1, -0.05) is 40.5 Å². The number of ether oxygens (including phenoxy) is 1. The van der Waals surface area contributed by atoms with E-state index in [-0.39, 0.29) is 33.3 Å². The van der Waals surface area contributed by atoms with Crippen molar-refractivity contribution in [3.05, 3.63) is 0 Å². The summed E-state index contributed by atoms with van der Waals surface area (Å²) in [5, 5.41) is 2.94. The van der Waals surface area contributed by atoms with Crippen LogP contribution in [0.3, 0.4) is 0 Å². The van der Waals surface area contributed by atoms with Gasteiger partial charge in [0.15, 0.2) is 0 Å². The van der Waals surface area contributed by atoms with E-state index in [9.17, 15) is 0 Å². The van der Waals surface area contributed by atoms with E-state index in [0.29, 0.717) is 0 Å². The molecular formula is C14H44N2O3S. The number of hydrogen-bond donors (Lipinski definition) is 2. The van der Waals surface area contributed by atoms with Crippen LogP contribution < -0.4 is 11.1 Å². The molecule has 20 heavy (non-hydrogen) atoms. The zero-order chi connectivity index (χ0) is 12.6. The van der Waals surface area contributed by atoms with E-state index in [2.05, 4.69) is 5.32 Å². The Hall–Kier alpha value is 0.150. The Morgan fingerprint density at radius 3 is 1.80 bits per heavy atom. The third kappa shape index (κ3) is 30.9. The summed E-state index contributed by atoms with van der Waals surface area (Å²) in [5.74, 6) is 0.865. The number of hydrogen-bond acceptors (Lipinski definition) is 3. The third-order valence-electron chi connectivity index (χ3n) is 2.61. The predicted molar refractivity (Wildman–Crippen MR) is 99.2 cm³/mol. The van der Waals surface area contributed by atoms with Crippen LogP contribution in [0.1, 0.15) is 54.8 Å². The standard InChI is InChI=1S/C7H15N.C4H11NO.C2H6.CH4.2H2O.H2S.H2/c8-6-7-4-2-1-3-5-7;1-5-3-4-6-2;1-2;;;;;/h7H,1-6,8H2;5H,3-4H2,1-2H3;1-2H3;1H4;3*1H2;1H. The second-order valence-electron chi connectivity index (χ2n) is 3.84. The first-order valence-electron chi connectivity index (χ1n) is 6.68. The molecule has 6 heteroatoms. The van der Waals surface area contributed by atoms with Crippen molar-refractivity contribution >= 4 is 13.5 Å². The van der Waals surface area contributed by atoms with Gasteiger partial charge in [0, 0.05) is 15.1 Å². The van der Waals surface area contributed by atoms with Crippen molar-refractivity contribution in [2.75, 3.05) is 33.9 Å². The molecule has 1 aliphatic carbocycles. The van der Waals surface area contributed by atoms with Crippen LogP contribution in [0.5, 0.6) is 0 Å². The van der Waals surface area contributed by atoms with Gasteiger partial charge < -0.3 is 26.7 Å². The largest absolute Gasteiger partial charge is 0.412 e. The maximum atomic E-state index is 5.50. The Kier molecular flexibility index (Phi) is 67.3. The van der Waals surface area contributed by atoms with Crippen LogP contribution in [-0.2, 0) is 4.74 Å². The number of likely N-dealkylation sites (N-methyl/N-ethyl adjacent to an activating group) is 1. The van der Waals surface area contributed by atoms with Gasteiger partial charge in [0.25, 0.3) is 0 Å². The van der Waals surface area contributed by atoms with Gasteiger partial charge in [-0.05, 0) is 32.4 Å². The lowest BCUT2D eigenvalue weighted by Gasteiger charge is -2.18. The molecule has 7 N–H and O–H groups in total. The molecule has 0 radical (unpaired) electrons. The second kappa shape index (κ2) is 36.5. The van der Waals surface area contributed by atoms with Crippen LogP contribution in [0, 0.1) is 5.92 Å². The van der Waals surface area contributed by atoms with Gasteiger partial charge >= 0.3 is 0 Å². The van der Waals surface area contributed by atoms with Gasteiger partial charge in [0.05, 0.1) is 6.61 Å². The highest BCUT2D eigenvalue weighted by molar-refractivity contribution is 7.59. The molecule has 5 nitrogen and oxygen atoms in total. The fraction of sp³-hybridized carbons (Fsp3) is 1.00. The zero-order valence-corrected chi connectivity index (χ0v) is 14.2. The molecule has 0 heterocycles. The molecule has 1 rings (SSSR count). The summed E-state index contributed by atoms with van der Waals surface area (Å²) in [6.07, 6.45) is 7.05. The fourth-order valence-corrected chi connectivity index (χ4v) is 1.63. The SMILES string of the molecule is C.CC.CNCCOC.NCC1CCCCC1.O.O.S.[HH]. The summed E-state index contributed by atoms with van der Waals surface area (Å²) in [6, 6.07) is 0. The summed E-state index contributed by atoms with van der Waals surface area (Å²) in [7, 11) is 3.59. The molecule has 0 amide bonds. The normalized spacial score (nSPS) is 12.4. The second-order valence-corrected chi connectivity index (χ2v) is 3.84. The number of nitrogens with two attached hydrogens (primary N) is 1. The Bertz CT molecular complexity index is 118. The smallest absolute Gasteiger partial charge is 0.0587 e. The molecule has 0 aliphatic heterocycles. The molecule has 1 fully saturated rings. The zero-order valence-electron chi connectivity index (χ0n) is 13.2. The van der Waals surface area contributed by atoms with Gasteiger partial charge in [0.1, 0.15) is 0 Å². The lowest BCUT2D eigenvalue weighted by molar-refractivity contribution is 0.201. The molecule has 1 aliphatic rings. The molecule has 0 bridgehead atoms. The van der Waals surface area contributed by atoms with E-state index in [1.54, 1.807) is 7.11 Å². The molecule has 0 aromatic heterocycles. The number of methoxy groups -OCH3 is 1. The van der Waals surface area contributed by atoms with E-state index in [4.69, 9.17) is 10.5 Å². The van der Waals surface area contributed by atoms with Crippen molar-refractivity contribution in [2.24, 2.45) is 11.7 Å². The van der Waals surface area contributed by atoms with Crippen molar-refractivity contribution < 1.29 is 17.1 Å². The molecule has 0 aromatic carbocycles. The lowest BCUT2D eigenvalue weighted by Crippen LogP contribution is -2.16. The van der Waals surface area contributed by atoms with Crippen LogP contribution in [0.25, 0.3) is 0 Å². The van der Waals surface area contributed by atoms with E-state index in [1.165, 1.54) is 32.1 Å². The summed E-state index contributed by atoms with van der Waals surface area (Å²) >= 11 is 0. The van der Waals surface area contributed by atoms with Crippen molar-refractivity contribution in [3.63, 3.8) is 0 Å². The monoisotopic (exact) mass is 320 g/mol. The Morgan fingerprint density at radius 1 is 1.15 bits per heavy atom. The molecule has 0 saturated heterocycles. The van der Waals surface area contributed by atoms with Crippen LogP contribution in [0.15, 0.2) is 0 Å². The van der Waals surface area contributed by atoms with Gasteiger partial charge in [0.2, 0.25) is 0 Å². The van der Waals surface area contributed by atoms with Crippen molar-refractivity contribution in [2.45, 2.75) is 53.4 Å². The summed E-state index contributed by atoms with van der Waals surface area (Å²) in [5.41, 5.74) is 5.50. The van der Waals surface area contributed by atoms with E-state index in [1.807, 2.05) is 20.9 Å². The Balaban J connectivity index is -0.0000000280. The van der Waals surface area contributed by atoms with Crippen molar-refractivity contribution in [3.8, 4) is 0 Å². The van der Waals surface area contributed by atoms with E-state index in [0.717, 1.165) is 25.6 Å². The van der Waals surface area contributed by atoms with Gasteiger partial charge in [-0.25, -0.2) is 0 Å². The highest BCUT2D eigenvalue weighted by Crippen LogP contribution is 2.21. The van der Waals surface area contributed by atoms with Crippen molar-refractivity contribution in [1.29, 1.82) is 0 Å². The third-order valence-corrected chi connectivity index (χ3v) is 2.61. The predicted octanol–water partition coefficient (Wildman–Crippen LogP) is 1.75. The minimum absolute atomic E-state index is 0. The van der Waals surface area contributed by atoms with E-state index < -0.39 is 0 Å².